The number of hydrogen-bond acceptors (Lipinski definition) is 5. The SMILES string of the molecule is CCN([C@@H](CO)C(=O)O)S(=O)(=O)c1cccs1. The normalized spacial score (nSPS) is 13.8. The third-order valence-corrected chi connectivity index (χ3v) is 5.53. The Balaban J connectivity index is 3.14. The van der Waals surface area contributed by atoms with Crippen molar-refractivity contribution in [3.05, 3.63) is 17.5 Å². The summed E-state index contributed by atoms with van der Waals surface area (Å²) >= 11 is 1.01. The second-order valence-corrected chi connectivity index (χ2v) is 6.24. The van der Waals surface area contributed by atoms with Crippen LogP contribution in [0.5, 0.6) is 0 Å². The van der Waals surface area contributed by atoms with Crippen molar-refractivity contribution in [3.63, 3.8) is 0 Å². The molecule has 0 bridgehead atoms. The molecule has 0 aliphatic rings. The van der Waals surface area contributed by atoms with Crippen LogP contribution >= 0.6 is 11.3 Å². The number of carboxylic acids is 1. The van der Waals surface area contributed by atoms with Crippen LogP contribution in [0.2, 0.25) is 0 Å². The summed E-state index contributed by atoms with van der Waals surface area (Å²) in [6, 6.07) is 1.52. The molecule has 0 spiro atoms. The van der Waals surface area contributed by atoms with Crippen molar-refractivity contribution in [3.8, 4) is 0 Å². The van der Waals surface area contributed by atoms with Crippen LogP contribution in [0.15, 0.2) is 21.7 Å². The lowest BCUT2D eigenvalue weighted by molar-refractivity contribution is -0.142. The Hall–Kier alpha value is -0.960. The van der Waals surface area contributed by atoms with Gasteiger partial charge in [-0.1, -0.05) is 13.0 Å². The number of likely N-dealkylation sites (N-methyl/N-ethyl adjacent to an activating group) is 1. The number of aliphatic carboxylic acids is 1. The van der Waals surface area contributed by atoms with Gasteiger partial charge in [0.25, 0.3) is 10.0 Å². The monoisotopic (exact) mass is 279 g/mol. The molecule has 0 saturated carbocycles. The van der Waals surface area contributed by atoms with E-state index in [0.717, 1.165) is 15.6 Å². The van der Waals surface area contributed by atoms with Gasteiger partial charge in [-0.2, -0.15) is 4.31 Å². The van der Waals surface area contributed by atoms with Crippen molar-refractivity contribution in [2.24, 2.45) is 0 Å². The molecular formula is C9H13NO5S2. The molecule has 0 aromatic carbocycles. The predicted molar refractivity (Wildman–Crippen MR) is 62.4 cm³/mol. The van der Waals surface area contributed by atoms with Crippen LogP contribution in [-0.4, -0.2) is 48.1 Å². The standard InChI is InChI=1S/C9H13NO5S2/c1-2-10(7(6-11)9(12)13)17(14,15)8-4-3-5-16-8/h3-5,7,11H,2,6H2,1H3,(H,12,13)/t7-/m0/s1. The summed E-state index contributed by atoms with van der Waals surface area (Å²) in [4.78, 5) is 10.9. The highest BCUT2D eigenvalue weighted by Gasteiger charge is 2.34. The fraction of sp³-hybridized carbons (Fsp3) is 0.444. The van der Waals surface area contributed by atoms with E-state index in [1.807, 2.05) is 0 Å². The van der Waals surface area contributed by atoms with E-state index in [-0.39, 0.29) is 10.8 Å². The number of aliphatic hydroxyl groups excluding tert-OH is 1. The second-order valence-electron chi connectivity index (χ2n) is 3.18. The van der Waals surface area contributed by atoms with E-state index in [2.05, 4.69) is 0 Å². The van der Waals surface area contributed by atoms with Crippen molar-refractivity contribution in [2.45, 2.75) is 17.2 Å². The number of carbonyl (C=O) groups is 1. The first-order valence-corrected chi connectivity index (χ1v) is 7.16. The summed E-state index contributed by atoms with van der Waals surface area (Å²) in [5.74, 6) is -1.37. The topological polar surface area (TPSA) is 94.9 Å². The first-order chi connectivity index (χ1) is 7.95. The Morgan fingerprint density at radius 2 is 2.24 bits per heavy atom. The van der Waals surface area contributed by atoms with Crippen LogP contribution in [0.25, 0.3) is 0 Å². The Bertz CT molecular complexity index is 468. The first kappa shape index (κ1) is 14.1. The van der Waals surface area contributed by atoms with Crippen LogP contribution < -0.4 is 0 Å². The molecule has 1 atom stereocenters. The molecule has 1 aromatic rings. The zero-order chi connectivity index (χ0) is 13.1. The summed E-state index contributed by atoms with van der Waals surface area (Å²) in [7, 11) is -3.85. The van der Waals surface area contributed by atoms with E-state index in [1.165, 1.54) is 13.0 Å². The van der Waals surface area contributed by atoms with Gasteiger partial charge in [0, 0.05) is 6.54 Å². The van der Waals surface area contributed by atoms with Gasteiger partial charge in [0.1, 0.15) is 10.3 Å². The number of thiophene rings is 1. The minimum Gasteiger partial charge on any atom is -0.480 e. The Kier molecular flexibility index (Phi) is 4.63. The lowest BCUT2D eigenvalue weighted by Gasteiger charge is -2.24. The number of sulfonamides is 1. The van der Waals surface area contributed by atoms with E-state index < -0.39 is 28.6 Å². The molecule has 0 unspecified atom stereocenters. The number of nitrogens with zero attached hydrogens (tertiary/aromatic N) is 1. The van der Waals surface area contributed by atoms with Gasteiger partial charge in [-0.25, -0.2) is 8.42 Å². The third kappa shape index (κ3) is 2.83. The fourth-order valence-corrected chi connectivity index (χ4v) is 4.08. The van der Waals surface area contributed by atoms with Crippen LogP contribution in [0.1, 0.15) is 6.92 Å². The number of hydrogen-bond donors (Lipinski definition) is 2. The predicted octanol–water partition coefficient (Wildman–Crippen LogP) is 0.204. The van der Waals surface area contributed by atoms with E-state index in [0.29, 0.717) is 0 Å². The molecule has 1 aromatic heterocycles. The highest BCUT2D eigenvalue weighted by Crippen LogP contribution is 2.22. The fourth-order valence-electron chi connectivity index (χ4n) is 1.38. The summed E-state index contributed by atoms with van der Waals surface area (Å²) in [5.41, 5.74) is 0. The summed E-state index contributed by atoms with van der Waals surface area (Å²) in [6.45, 7) is 0.752. The molecule has 0 saturated heterocycles. The molecule has 0 radical (unpaired) electrons. The quantitative estimate of drug-likeness (QED) is 0.776. The van der Waals surface area contributed by atoms with Gasteiger partial charge in [-0.05, 0) is 11.4 Å². The van der Waals surface area contributed by atoms with Crippen molar-refractivity contribution in [2.75, 3.05) is 13.2 Å². The average molecular weight is 279 g/mol. The Labute approximate surface area is 103 Å². The molecule has 0 amide bonds. The largest absolute Gasteiger partial charge is 0.480 e. The van der Waals surface area contributed by atoms with Crippen LogP contribution in [0.3, 0.4) is 0 Å². The smallest absolute Gasteiger partial charge is 0.324 e. The lowest BCUT2D eigenvalue weighted by atomic mass is 10.3. The van der Waals surface area contributed by atoms with Crippen molar-refractivity contribution < 1.29 is 23.4 Å². The van der Waals surface area contributed by atoms with E-state index in [9.17, 15) is 13.2 Å². The van der Waals surface area contributed by atoms with Crippen molar-refractivity contribution in [1.29, 1.82) is 0 Å². The molecule has 2 N–H and O–H groups in total. The van der Waals surface area contributed by atoms with Gasteiger partial charge in [0.2, 0.25) is 0 Å². The van der Waals surface area contributed by atoms with E-state index in [4.69, 9.17) is 10.2 Å². The van der Waals surface area contributed by atoms with Gasteiger partial charge in [0.15, 0.2) is 0 Å². The average Bonchev–Trinajstić information content (AvgIpc) is 2.78. The molecule has 0 aliphatic carbocycles. The molecule has 6 nitrogen and oxygen atoms in total. The molecular weight excluding hydrogens is 266 g/mol. The van der Waals surface area contributed by atoms with Gasteiger partial charge >= 0.3 is 5.97 Å². The molecule has 0 aliphatic heterocycles. The maximum absolute atomic E-state index is 12.1. The highest BCUT2D eigenvalue weighted by atomic mass is 32.2. The second kappa shape index (κ2) is 5.58. The zero-order valence-corrected chi connectivity index (χ0v) is 10.7. The van der Waals surface area contributed by atoms with Gasteiger partial charge < -0.3 is 10.2 Å². The van der Waals surface area contributed by atoms with Crippen molar-refractivity contribution >= 4 is 27.3 Å². The Morgan fingerprint density at radius 1 is 1.59 bits per heavy atom. The molecule has 96 valence electrons. The molecule has 17 heavy (non-hydrogen) atoms. The van der Waals surface area contributed by atoms with Gasteiger partial charge in [-0.15, -0.1) is 11.3 Å². The number of rotatable bonds is 6. The minimum atomic E-state index is -3.85. The lowest BCUT2D eigenvalue weighted by Crippen LogP contribution is -2.46. The number of aliphatic hydroxyl groups is 1. The molecule has 8 heteroatoms. The van der Waals surface area contributed by atoms with E-state index in [1.54, 1.807) is 11.4 Å². The first-order valence-electron chi connectivity index (χ1n) is 4.84. The number of carboxylic acid groups (broad SMARTS) is 1. The van der Waals surface area contributed by atoms with Crippen LogP contribution in [0.4, 0.5) is 0 Å². The summed E-state index contributed by atoms with van der Waals surface area (Å²) < 4.78 is 25.0. The molecule has 1 rings (SSSR count). The van der Waals surface area contributed by atoms with Gasteiger partial charge in [-0.3, -0.25) is 4.79 Å². The Morgan fingerprint density at radius 3 is 2.59 bits per heavy atom. The summed E-state index contributed by atoms with van der Waals surface area (Å²) in [5, 5.41) is 19.4. The minimum absolute atomic E-state index is 0.0161. The third-order valence-electron chi connectivity index (χ3n) is 2.18. The maximum atomic E-state index is 12.1. The van der Waals surface area contributed by atoms with Crippen LogP contribution in [-0.2, 0) is 14.8 Å². The molecule has 1 heterocycles. The zero-order valence-electron chi connectivity index (χ0n) is 9.11. The summed E-state index contributed by atoms with van der Waals surface area (Å²) in [6.07, 6.45) is 0. The molecule has 0 fully saturated rings. The highest BCUT2D eigenvalue weighted by molar-refractivity contribution is 7.91. The van der Waals surface area contributed by atoms with Gasteiger partial charge in [0.05, 0.1) is 6.61 Å². The van der Waals surface area contributed by atoms with Crippen LogP contribution in [0, 0.1) is 0 Å². The van der Waals surface area contributed by atoms with Crippen molar-refractivity contribution in [1.82, 2.24) is 4.31 Å². The maximum Gasteiger partial charge on any atom is 0.324 e. The van der Waals surface area contributed by atoms with E-state index >= 15 is 0 Å².